The molecule has 2 N–H and O–H groups in total. The van der Waals surface area contributed by atoms with E-state index in [9.17, 15) is 0 Å². The first kappa shape index (κ1) is 17.8. The summed E-state index contributed by atoms with van der Waals surface area (Å²) in [5.41, 5.74) is 4.70. The second-order valence-electron chi connectivity index (χ2n) is 6.24. The number of hydrogen-bond donors (Lipinski definition) is 2. The summed E-state index contributed by atoms with van der Waals surface area (Å²) in [6, 6.07) is 22.0. The molecule has 0 aliphatic rings. The number of H-pyrrole nitrogens is 2. The summed E-state index contributed by atoms with van der Waals surface area (Å²) in [5, 5.41) is 19.0. The van der Waals surface area contributed by atoms with E-state index in [0.29, 0.717) is 10.6 Å². The maximum atomic E-state index is 5.33. The highest BCUT2D eigenvalue weighted by Gasteiger charge is 2.12. The van der Waals surface area contributed by atoms with Crippen LogP contribution in [0, 0.1) is 4.77 Å². The van der Waals surface area contributed by atoms with E-state index in [2.05, 4.69) is 31.6 Å². The number of benzene rings is 2. The van der Waals surface area contributed by atoms with Gasteiger partial charge in [0.05, 0.1) is 11.9 Å². The lowest BCUT2D eigenvalue weighted by Gasteiger charge is -1.98. The maximum absolute atomic E-state index is 5.33. The average Bonchev–Trinajstić information content (AvgIpc) is 3.35. The van der Waals surface area contributed by atoms with E-state index in [0.717, 1.165) is 28.1 Å². The molecule has 7 heteroatoms. The molecule has 0 radical (unpaired) electrons. The molecule has 0 saturated heterocycles. The first-order valence-corrected chi connectivity index (χ1v) is 9.18. The molecule has 6 nitrogen and oxygen atoms in total. The van der Waals surface area contributed by atoms with Gasteiger partial charge in [0.2, 0.25) is 10.6 Å². The van der Waals surface area contributed by atoms with Gasteiger partial charge < -0.3 is 0 Å². The van der Waals surface area contributed by atoms with Gasteiger partial charge in [-0.15, -0.1) is 0 Å². The van der Waals surface area contributed by atoms with Gasteiger partial charge in [-0.2, -0.15) is 20.0 Å². The van der Waals surface area contributed by atoms with E-state index >= 15 is 0 Å². The second-order valence-corrected chi connectivity index (χ2v) is 6.63. The lowest BCUT2D eigenvalue weighted by molar-refractivity contribution is 0.865. The van der Waals surface area contributed by atoms with Crippen LogP contribution in [0.3, 0.4) is 0 Å². The van der Waals surface area contributed by atoms with Crippen molar-refractivity contribution in [2.45, 2.75) is 6.92 Å². The first-order chi connectivity index (χ1) is 13.7. The fraction of sp³-hybridized carbons (Fsp3) is 0.0476. The molecule has 0 atom stereocenters. The third-order valence-electron chi connectivity index (χ3n) is 4.11. The smallest absolute Gasteiger partial charge is 0.216 e. The molecule has 0 bridgehead atoms. The van der Waals surface area contributed by atoms with Gasteiger partial charge in [0, 0.05) is 5.56 Å². The highest BCUT2D eigenvalue weighted by molar-refractivity contribution is 7.71. The van der Waals surface area contributed by atoms with Crippen LogP contribution in [-0.4, -0.2) is 31.3 Å². The summed E-state index contributed by atoms with van der Waals surface area (Å²) in [7, 11) is 0. The zero-order valence-corrected chi connectivity index (χ0v) is 16.0. The fourth-order valence-electron chi connectivity index (χ4n) is 2.76. The fourth-order valence-corrected chi connectivity index (χ4v) is 2.94. The monoisotopic (exact) mass is 386 g/mol. The molecule has 0 spiro atoms. The number of rotatable bonds is 5. The van der Waals surface area contributed by atoms with Gasteiger partial charge in [-0.25, -0.2) is 5.10 Å². The number of aromatic nitrogens is 5. The van der Waals surface area contributed by atoms with Gasteiger partial charge in [-0.3, -0.25) is 5.10 Å². The highest BCUT2D eigenvalue weighted by Crippen LogP contribution is 2.22. The van der Waals surface area contributed by atoms with Crippen molar-refractivity contribution < 1.29 is 0 Å². The molecule has 0 saturated carbocycles. The molecule has 2 aromatic heterocycles. The predicted molar refractivity (Wildman–Crippen MR) is 114 cm³/mol. The third kappa shape index (κ3) is 3.89. The van der Waals surface area contributed by atoms with Crippen LogP contribution in [0.4, 0.5) is 0 Å². The molecule has 28 heavy (non-hydrogen) atoms. The number of nitrogens with zero attached hydrogens (tertiary/aromatic N) is 4. The Labute approximate surface area is 167 Å². The molecule has 0 aliphatic carbocycles. The van der Waals surface area contributed by atoms with Gasteiger partial charge in [0.15, 0.2) is 0 Å². The molecule has 0 aliphatic heterocycles. The van der Waals surface area contributed by atoms with Crippen molar-refractivity contribution in [1.29, 1.82) is 0 Å². The molecular weight excluding hydrogens is 368 g/mol. The summed E-state index contributed by atoms with van der Waals surface area (Å²) in [6.45, 7) is 1.99. The van der Waals surface area contributed by atoms with Crippen LogP contribution in [0.2, 0.25) is 0 Å². The molecule has 4 rings (SSSR count). The van der Waals surface area contributed by atoms with Crippen molar-refractivity contribution in [1.82, 2.24) is 25.1 Å². The molecule has 0 fully saturated rings. The van der Waals surface area contributed by atoms with E-state index < -0.39 is 0 Å². The van der Waals surface area contributed by atoms with Crippen LogP contribution in [-0.2, 0) is 0 Å². The Bertz CT molecular complexity index is 1180. The van der Waals surface area contributed by atoms with Gasteiger partial charge in [0.25, 0.3) is 0 Å². The van der Waals surface area contributed by atoms with Gasteiger partial charge >= 0.3 is 0 Å². The minimum Gasteiger partial charge on any atom is -0.274 e. The van der Waals surface area contributed by atoms with Crippen LogP contribution in [0.25, 0.3) is 28.9 Å². The van der Waals surface area contributed by atoms with Crippen molar-refractivity contribution in [3.63, 3.8) is 0 Å². The van der Waals surface area contributed by atoms with Crippen LogP contribution in [0.1, 0.15) is 12.5 Å². The number of hydrogen-bond acceptors (Lipinski definition) is 4. The second kappa shape index (κ2) is 7.98. The Hall–Kier alpha value is -3.58. The van der Waals surface area contributed by atoms with E-state index in [-0.39, 0.29) is 0 Å². The molecule has 2 heterocycles. The van der Waals surface area contributed by atoms with Crippen LogP contribution >= 0.6 is 12.2 Å². The molecular formula is C21H18N6S. The zero-order chi connectivity index (χ0) is 19.3. The Balaban J connectivity index is 1.63. The van der Waals surface area contributed by atoms with E-state index in [4.69, 9.17) is 12.2 Å². The van der Waals surface area contributed by atoms with Crippen molar-refractivity contribution in [2.24, 2.45) is 5.10 Å². The zero-order valence-electron chi connectivity index (χ0n) is 15.2. The SMILES string of the molecule is CC(=C/c1ccccc1)/C=N/n1c(-c2cc(-c3ccccc3)n[nH]2)n[nH]c1=S. The maximum Gasteiger partial charge on any atom is 0.216 e. The van der Waals surface area contributed by atoms with Gasteiger partial charge in [-0.1, -0.05) is 66.7 Å². The van der Waals surface area contributed by atoms with Crippen molar-refractivity contribution in [2.75, 3.05) is 0 Å². The van der Waals surface area contributed by atoms with Gasteiger partial charge in [0.1, 0.15) is 5.69 Å². The minimum atomic E-state index is 0.412. The topological polar surface area (TPSA) is 74.7 Å². The van der Waals surface area contributed by atoms with Gasteiger partial charge in [-0.05, 0) is 36.3 Å². The van der Waals surface area contributed by atoms with Crippen LogP contribution < -0.4 is 0 Å². The lowest BCUT2D eigenvalue weighted by Crippen LogP contribution is -1.95. The summed E-state index contributed by atoms with van der Waals surface area (Å²) < 4.78 is 1.99. The Morgan fingerprint density at radius 1 is 1.00 bits per heavy atom. The standard InChI is InChI=1S/C21H18N6S/c1-15(12-16-8-4-2-5-9-16)14-22-27-20(25-26-21(27)28)19-13-18(23-24-19)17-10-6-3-7-11-17/h2-14H,1H3,(H,23,24)(H,26,28)/b15-12-,22-14+. The molecule has 4 aromatic rings. The van der Waals surface area contributed by atoms with E-state index in [1.54, 1.807) is 10.9 Å². The third-order valence-corrected chi connectivity index (χ3v) is 4.37. The minimum absolute atomic E-state index is 0.412. The molecule has 0 unspecified atom stereocenters. The molecule has 138 valence electrons. The highest BCUT2D eigenvalue weighted by atomic mass is 32.1. The first-order valence-electron chi connectivity index (χ1n) is 8.77. The Kier molecular flexibility index (Phi) is 5.07. The van der Waals surface area contributed by atoms with Crippen LogP contribution in [0.5, 0.6) is 0 Å². The summed E-state index contributed by atoms with van der Waals surface area (Å²) in [6.07, 6.45) is 3.81. The van der Waals surface area contributed by atoms with Crippen molar-refractivity contribution in [3.05, 3.63) is 82.6 Å². The van der Waals surface area contributed by atoms with E-state index in [1.165, 1.54) is 0 Å². The van der Waals surface area contributed by atoms with Crippen molar-refractivity contribution in [3.8, 4) is 22.8 Å². The quantitative estimate of drug-likeness (QED) is 0.377. The van der Waals surface area contributed by atoms with Crippen LogP contribution in [0.15, 0.2) is 77.4 Å². The average molecular weight is 386 g/mol. The normalized spacial score (nSPS) is 12.0. The number of nitrogens with one attached hydrogen (secondary N) is 2. The molecule has 0 amide bonds. The summed E-state index contributed by atoms with van der Waals surface area (Å²) >= 11 is 5.33. The van der Waals surface area contributed by atoms with E-state index in [1.807, 2.05) is 73.7 Å². The molecule has 2 aromatic carbocycles. The Morgan fingerprint density at radius 3 is 2.46 bits per heavy atom. The van der Waals surface area contributed by atoms with Crippen molar-refractivity contribution >= 4 is 24.5 Å². The lowest BCUT2D eigenvalue weighted by atomic mass is 10.1. The number of aromatic amines is 2. The summed E-state index contributed by atoms with van der Waals surface area (Å²) in [5.74, 6) is 0.573. The summed E-state index contributed by atoms with van der Waals surface area (Å²) in [4.78, 5) is 0. The Morgan fingerprint density at radius 2 is 1.71 bits per heavy atom. The largest absolute Gasteiger partial charge is 0.274 e. The predicted octanol–water partition coefficient (Wildman–Crippen LogP) is 4.94. The number of allylic oxidation sites excluding steroid dienone is 1.